The van der Waals surface area contributed by atoms with Gasteiger partial charge in [-0.05, 0) is 54.8 Å². The second-order valence-corrected chi connectivity index (χ2v) is 9.28. The van der Waals surface area contributed by atoms with Gasteiger partial charge < -0.3 is 4.74 Å². The highest BCUT2D eigenvalue weighted by atomic mass is 32.1. The summed E-state index contributed by atoms with van der Waals surface area (Å²) in [5, 5.41) is 8.89. The molecular formula is C25H23N5O2S. The van der Waals surface area contributed by atoms with E-state index in [9.17, 15) is 4.79 Å². The fraction of sp³-hybridized carbons (Fsp3) is 0.200. The number of ether oxygens (including phenoxy) is 1. The van der Waals surface area contributed by atoms with Crippen molar-refractivity contribution >= 4 is 22.4 Å². The average molecular weight is 458 g/mol. The van der Waals surface area contributed by atoms with Crippen LogP contribution in [-0.2, 0) is 0 Å². The highest BCUT2D eigenvalue weighted by Gasteiger charge is 2.14. The fourth-order valence-corrected chi connectivity index (χ4v) is 4.44. The highest BCUT2D eigenvalue weighted by Crippen LogP contribution is 2.29. The lowest BCUT2D eigenvalue weighted by molar-refractivity contribution is 0.269. The van der Waals surface area contributed by atoms with Gasteiger partial charge >= 0.3 is 0 Å². The van der Waals surface area contributed by atoms with E-state index in [4.69, 9.17) is 9.84 Å². The Morgan fingerprint density at radius 2 is 1.97 bits per heavy atom. The minimum absolute atomic E-state index is 0.181. The summed E-state index contributed by atoms with van der Waals surface area (Å²) in [5.74, 6) is 1.32. The van der Waals surface area contributed by atoms with Crippen LogP contribution in [0.5, 0.6) is 5.75 Å². The van der Waals surface area contributed by atoms with Crippen molar-refractivity contribution < 1.29 is 4.74 Å². The van der Waals surface area contributed by atoms with Crippen LogP contribution in [0.15, 0.2) is 65.8 Å². The molecule has 166 valence electrons. The standard InChI is InChI=1S/C25H23N5O2S/c1-16(2)14-32-21-10-9-18(11-17(21)3)23-19(13-29(28-23)20-7-5-4-6-8-20)12-22-24(31)30-25(33-22)26-15-27-30/h4-13,15-16H,14H2,1-3H3/b22-12-. The van der Waals surface area contributed by atoms with Crippen LogP contribution in [-0.4, -0.2) is 31.0 Å². The molecule has 0 saturated heterocycles. The van der Waals surface area contributed by atoms with Gasteiger partial charge in [0.05, 0.1) is 16.8 Å². The van der Waals surface area contributed by atoms with E-state index in [-0.39, 0.29) is 5.56 Å². The van der Waals surface area contributed by atoms with Gasteiger partial charge in [0, 0.05) is 17.3 Å². The molecule has 5 aromatic rings. The second kappa shape index (κ2) is 8.63. The maximum absolute atomic E-state index is 12.7. The number of fused-ring (bicyclic) bond motifs is 1. The van der Waals surface area contributed by atoms with Crippen molar-refractivity contribution in [1.82, 2.24) is 24.4 Å². The van der Waals surface area contributed by atoms with Gasteiger partial charge in [-0.1, -0.05) is 43.4 Å². The Morgan fingerprint density at radius 1 is 1.15 bits per heavy atom. The molecule has 3 heterocycles. The first kappa shape index (κ1) is 21.1. The van der Waals surface area contributed by atoms with Crippen LogP contribution in [0.4, 0.5) is 0 Å². The fourth-order valence-electron chi connectivity index (χ4n) is 3.56. The predicted molar refractivity (Wildman–Crippen MR) is 130 cm³/mol. The normalized spacial score (nSPS) is 12.2. The molecule has 0 aliphatic rings. The molecule has 0 spiro atoms. The molecule has 7 nitrogen and oxygen atoms in total. The van der Waals surface area contributed by atoms with Crippen LogP contribution in [0.3, 0.4) is 0 Å². The zero-order chi connectivity index (χ0) is 22.9. The summed E-state index contributed by atoms with van der Waals surface area (Å²) in [6.45, 7) is 6.96. The Morgan fingerprint density at radius 3 is 2.70 bits per heavy atom. The van der Waals surface area contributed by atoms with Crippen molar-refractivity contribution in [2.75, 3.05) is 6.61 Å². The Kier molecular flexibility index (Phi) is 5.51. The van der Waals surface area contributed by atoms with E-state index in [0.29, 0.717) is 22.0 Å². The summed E-state index contributed by atoms with van der Waals surface area (Å²) < 4.78 is 9.66. The van der Waals surface area contributed by atoms with Crippen LogP contribution in [0, 0.1) is 12.8 Å². The Labute approximate surface area is 194 Å². The van der Waals surface area contributed by atoms with Crippen molar-refractivity contribution in [3.8, 4) is 22.7 Å². The zero-order valence-corrected chi connectivity index (χ0v) is 19.4. The van der Waals surface area contributed by atoms with Gasteiger partial charge in [-0.25, -0.2) is 9.67 Å². The van der Waals surface area contributed by atoms with Gasteiger partial charge in [0.25, 0.3) is 5.56 Å². The monoisotopic (exact) mass is 457 g/mol. The van der Waals surface area contributed by atoms with Gasteiger partial charge in [-0.2, -0.15) is 14.7 Å². The van der Waals surface area contributed by atoms with Crippen molar-refractivity contribution in [2.45, 2.75) is 20.8 Å². The number of aromatic nitrogens is 5. The first-order chi connectivity index (χ1) is 16.0. The van der Waals surface area contributed by atoms with E-state index < -0.39 is 0 Å². The molecule has 5 rings (SSSR count). The van der Waals surface area contributed by atoms with E-state index in [1.165, 1.54) is 22.2 Å². The smallest absolute Gasteiger partial charge is 0.291 e. The van der Waals surface area contributed by atoms with Crippen LogP contribution in [0.1, 0.15) is 25.0 Å². The number of hydrogen-bond donors (Lipinski definition) is 0. The van der Waals surface area contributed by atoms with E-state index in [0.717, 1.165) is 33.8 Å². The lowest BCUT2D eigenvalue weighted by atomic mass is 10.0. The Balaban J connectivity index is 1.63. The zero-order valence-electron chi connectivity index (χ0n) is 18.6. The summed E-state index contributed by atoms with van der Waals surface area (Å²) in [6.07, 6.45) is 5.20. The third-order valence-electron chi connectivity index (χ3n) is 5.19. The third-order valence-corrected chi connectivity index (χ3v) is 6.16. The molecule has 0 amide bonds. The minimum atomic E-state index is -0.181. The number of hydrogen-bond acceptors (Lipinski definition) is 6. The number of thiazole rings is 1. The van der Waals surface area contributed by atoms with Crippen LogP contribution < -0.4 is 14.8 Å². The maximum atomic E-state index is 12.7. The van der Waals surface area contributed by atoms with Crippen molar-refractivity contribution in [2.24, 2.45) is 5.92 Å². The largest absolute Gasteiger partial charge is 0.493 e. The van der Waals surface area contributed by atoms with Crippen LogP contribution in [0.25, 0.3) is 28.0 Å². The van der Waals surface area contributed by atoms with Gasteiger partial charge in [0.2, 0.25) is 4.96 Å². The summed E-state index contributed by atoms with van der Waals surface area (Å²) in [4.78, 5) is 17.5. The lowest BCUT2D eigenvalue weighted by Gasteiger charge is -2.12. The van der Waals surface area contributed by atoms with E-state index in [1.54, 1.807) is 0 Å². The quantitative estimate of drug-likeness (QED) is 0.387. The average Bonchev–Trinajstić information content (AvgIpc) is 3.51. The van der Waals surface area contributed by atoms with Gasteiger partial charge in [-0.15, -0.1) is 0 Å². The molecule has 0 aliphatic heterocycles. The van der Waals surface area contributed by atoms with Crippen LogP contribution >= 0.6 is 11.3 Å². The van der Waals surface area contributed by atoms with Crippen molar-refractivity contribution in [1.29, 1.82) is 0 Å². The Bertz CT molecular complexity index is 1530. The molecule has 3 aromatic heterocycles. The summed E-state index contributed by atoms with van der Waals surface area (Å²) in [6, 6.07) is 16.0. The third kappa shape index (κ3) is 4.17. The summed E-state index contributed by atoms with van der Waals surface area (Å²) in [7, 11) is 0. The van der Waals surface area contributed by atoms with E-state index in [1.807, 2.05) is 66.3 Å². The first-order valence-electron chi connectivity index (χ1n) is 10.7. The molecule has 0 radical (unpaired) electrons. The molecule has 0 unspecified atom stereocenters. The predicted octanol–water partition coefficient (Wildman–Crippen LogP) is 3.89. The highest BCUT2D eigenvalue weighted by molar-refractivity contribution is 7.15. The molecule has 0 N–H and O–H groups in total. The van der Waals surface area contributed by atoms with Crippen LogP contribution in [0.2, 0.25) is 0 Å². The topological polar surface area (TPSA) is 74.3 Å². The maximum Gasteiger partial charge on any atom is 0.291 e. The van der Waals surface area contributed by atoms with Gasteiger partial charge in [0.15, 0.2) is 0 Å². The summed E-state index contributed by atoms with van der Waals surface area (Å²) in [5.41, 5.74) is 4.39. The first-order valence-corrected chi connectivity index (χ1v) is 11.5. The van der Waals surface area contributed by atoms with Gasteiger partial charge in [0.1, 0.15) is 17.8 Å². The number of rotatable bonds is 6. The minimum Gasteiger partial charge on any atom is -0.493 e. The number of benzene rings is 2. The summed E-state index contributed by atoms with van der Waals surface area (Å²) >= 11 is 1.31. The number of para-hydroxylation sites is 1. The molecule has 0 aliphatic carbocycles. The molecule has 0 bridgehead atoms. The van der Waals surface area contributed by atoms with E-state index >= 15 is 0 Å². The molecule has 0 fully saturated rings. The van der Waals surface area contributed by atoms with Gasteiger partial charge in [-0.3, -0.25) is 4.79 Å². The Hall–Kier alpha value is -3.78. The molecular weight excluding hydrogens is 434 g/mol. The lowest BCUT2D eigenvalue weighted by Crippen LogP contribution is -2.23. The van der Waals surface area contributed by atoms with Crippen molar-refractivity contribution in [3.63, 3.8) is 0 Å². The molecule has 0 atom stereocenters. The number of aryl methyl sites for hydroxylation is 1. The van der Waals surface area contributed by atoms with Crippen molar-refractivity contribution in [3.05, 3.63) is 87.1 Å². The molecule has 33 heavy (non-hydrogen) atoms. The van der Waals surface area contributed by atoms with E-state index in [2.05, 4.69) is 30.0 Å². The molecule has 2 aromatic carbocycles. The molecule has 0 saturated carbocycles. The second-order valence-electron chi connectivity index (χ2n) is 8.27. The SMILES string of the molecule is Cc1cc(-c2nn(-c3ccccc3)cc2/C=c2\sc3ncnn3c2=O)ccc1OCC(C)C. The number of nitrogens with zero attached hydrogens (tertiary/aromatic N) is 5. The molecule has 8 heteroatoms.